The van der Waals surface area contributed by atoms with Crippen molar-refractivity contribution in [2.45, 2.75) is 31.0 Å². The van der Waals surface area contributed by atoms with Crippen molar-refractivity contribution in [3.63, 3.8) is 0 Å². The zero-order valence-electron chi connectivity index (χ0n) is 10.7. The molecule has 0 bridgehead atoms. The van der Waals surface area contributed by atoms with Crippen molar-refractivity contribution in [3.8, 4) is 0 Å². The van der Waals surface area contributed by atoms with Crippen molar-refractivity contribution >= 4 is 15.6 Å². The van der Waals surface area contributed by atoms with Crippen LogP contribution in [0.3, 0.4) is 0 Å². The van der Waals surface area contributed by atoms with Gasteiger partial charge in [0, 0.05) is 25.0 Å². The van der Waals surface area contributed by atoms with Gasteiger partial charge in [0.05, 0.1) is 0 Å². The monoisotopic (exact) mass is 296 g/mol. The topological polar surface area (TPSA) is 51.1 Å². The summed E-state index contributed by atoms with van der Waals surface area (Å²) >= 11 is 0. The molecule has 4 nitrogen and oxygen atoms in total. The van der Waals surface area contributed by atoms with Crippen LogP contribution in [0, 0.1) is 0 Å². The first kappa shape index (κ1) is 15.8. The third-order valence-electron chi connectivity index (χ3n) is 2.49. The first-order valence-corrected chi connectivity index (χ1v) is 6.84. The van der Waals surface area contributed by atoms with E-state index >= 15 is 0 Å². The fourth-order valence-corrected chi connectivity index (χ4v) is 3.00. The average molecular weight is 296 g/mol. The van der Waals surface area contributed by atoms with Crippen LogP contribution in [0.25, 0.3) is 5.57 Å². The molecule has 0 radical (unpaired) electrons. The number of hydrogen-bond acceptors (Lipinski definition) is 2. The van der Waals surface area contributed by atoms with E-state index in [0.717, 1.165) is 6.92 Å². The molecule has 1 aromatic heterocycles. The first-order chi connectivity index (χ1) is 8.45. The van der Waals surface area contributed by atoms with Gasteiger partial charge in [-0.25, -0.2) is 8.42 Å². The molecule has 1 heterocycles. The highest BCUT2D eigenvalue weighted by molar-refractivity contribution is 7.89. The van der Waals surface area contributed by atoms with Crippen LogP contribution >= 0.6 is 0 Å². The molecular formula is C11H15F3N2O2S. The van der Waals surface area contributed by atoms with E-state index in [4.69, 9.17) is 0 Å². The van der Waals surface area contributed by atoms with Crippen molar-refractivity contribution in [1.29, 1.82) is 0 Å². The Balaban J connectivity index is 3.18. The number of rotatable bonds is 4. The number of aryl methyl sites for hydroxylation is 1. The number of alkyl halides is 3. The largest absolute Gasteiger partial charge is 0.404 e. The van der Waals surface area contributed by atoms with Crippen LogP contribution in [0.15, 0.2) is 23.9 Å². The van der Waals surface area contributed by atoms with Crippen molar-refractivity contribution in [2.24, 2.45) is 7.05 Å². The lowest BCUT2D eigenvalue weighted by atomic mass is 10.2. The summed E-state index contributed by atoms with van der Waals surface area (Å²) in [5.74, 6) is 0. The van der Waals surface area contributed by atoms with Crippen molar-refractivity contribution < 1.29 is 21.6 Å². The number of aromatic nitrogens is 1. The lowest BCUT2D eigenvalue weighted by molar-refractivity contribution is -0.147. The highest BCUT2D eigenvalue weighted by Crippen LogP contribution is 2.25. The van der Waals surface area contributed by atoms with Crippen molar-refractivity contribution in [3.05, 3.63) is 24.5 Å². The van der Waals surface area contributed by atoms with Gasteiger partial charge in [0.25, 0.3) is 0 Å². The molecule has 0 spiro atoms. The standard InChI is InChI=1S/C11H15F3N2O2S/c1-7(2)9-5-16(4)6-10(9)19(17,18)15-8(3)11(12,13)14/h5-6,8,15H,1H2,2-4H3/t8-/m1/s1. The SMILES string of the molecule is C=C(C)c1cn(C)cc1S(=O)(=O)N[C@H](C)C(F)(F)F. The molecule has 0 fully saturated rings. The van der Waals surface area contributed by atoms with Gasteiger partial charge in [-0.05, 0) is 19.4 Å². The molecule has 1 aromatic rings. The van der Waals surface area contributed by atoms with Gasteiger partial charge in [-0.15, -0.1) is 0 Å². The van der Waals surface area contributed by atoms with Crippen LogP contribution in [0.1, 0.15) is 19.4 Å². The Morgan fingerprint density at radius 2 is 1.95 bits per heavy atom. The van der Waals surface area contributed by atoms with Crippen LogP contribution < -0.4 is 4.72 Å². The van der Waals surface area contributed by atoms with E-state index in [-0.39, 0.29) is 4.90 Å². The van der Waals surface area contributed by atoms with E-state index in [1.807, 2.05) is 0 Å². The Bertz CT molecular complexity index is 588. The molecule has 0 aromatic carbocycles. The molecule has 0 saturated carbocycles. The lowest BCUT2D eigenvalue weighted by Gasteiger charge is -2.17. The third kappa shape index (κ3) is 3.60. The molecule has 0 aliphatic carbocycles. The van der Waals surface area contributed by atoms with Crippen LogP contribution in [0.4, 0.5) is 13.2 Å². The Morgan fingerprint density at radius 3 is 2.37 bits per heavy atom. The number of hydrogen-bond donors (Lipinski definition) is 1. The third-order valence-corrected chi connectivity index (χ3v) is 4.06. The van der Waals surface area contributed by atoms with Crippen LogP contribution in [-0.2, 0) is 17.1 Å². The fraction of sp³-hybridized carbons (Fsp3) is 0.455. The van der Waals surface area contributed by atoms with E-state index < -0.39 is 22.2 Å². The molecule has 0 aliphatic rings. The fourth-order valence-electron chi connectivity index (χ4n) is 1.46. The molecule has 0 aliphatic heterocycles. The van der Waals surface area contributed by atoms with Gasteiger partial charge >= 0.3 is 6.18 Å². The quantitative estimate of drug-likeness (QED) is 0.927. The normalized spacial score (nSPS) is 14.4. The first-order valence-electron chi connectivity index (χ1n) is 5.36. The van der Waals surface area contributed by atoms with Gasteiger partial charge in [0.15, 0.2) is 0 Å². The van der Waals surface area contributed by atoms with Gasteiger partial charge in [-0.3, -0.25) is 0 Å². The maximum atomic E-state index is 12.4. The summed E-state index contributed by atoms with van der Waals surface area (Å²) in [6.07, 6.45) is -1.89. The van der Waals surface area contributed by atoms with Gasteiger partial charge in [0.1, 0.15) is 10.9 Å². The maximum Gasteiger partial charge on any atom is 0.404 e. The van der Waals surface area contributed by atoms with E-state index in [1.165, 1.54) is 17.0 Å². The number of nitrogens with zero attached hydrogens (tertiary/aromatic N) is 1. The van der Waals surface area contributed by atoms with E-state index in [9.17, 15) is 21.6 Å². The molecule has 1 atom stereocenters. The summed E-state index contributed by atoms with van der Waals surface area (Å²) in [6, 6.07) is -2.16. The molecule has 1 rings (SSSR count). The van der Waals surface area contributed by atoms with Crippen LogP contribution in [0.5, 0.6) is 0 Å². The molecule has 8 heteroatoms. The highest BCUT2D eigenvalue weighted by atomic mass is 32.2. The number of nitrogens with one attached hydrogen (secondary N) is 1. The molecule has 0 amide bonds. The second-order valence-corrected chi connectivity index (χ2v) is 6.05. The minimum Gasteiger partial charge on any atom is -0.355 e. The Labute approximate surface area is 110 Å². The second kappa shape index (κ2) is 5.01. The molecular weight excluding hydrogens is 281 g/mol. The highest BCUT2D eigenvalue weighted by Gasteiger charge is 2.39. The predicted octanol–water partition coefficient (Wildman–Crippen LogP) is 2.29. The van der Waals surface area contributed by atoms with Gasteiger partial charge in [-0.1, -0.05) is 6.58 Å². The summed E-state index contributed by atoms with van der Waals surface area (Å²) in [6.45, 7) is 5.95. The summed E-state index contributed by atoms with van der Waals surface area (Å²) in [5.41, 5.74) is 0.755. The smallest absolute Gasteiger partial charge is 0.355 e. The number of sulfonamides is 1. The predicted molar refractivity (Wildman–Crippen MR) is 66.0 cm³/mol. The van der Waals surface area contributed by atoms with E-state index in [2.05, 4.69) is 6.58 Å². The lowest BCUT2D eigenvalue weighted by Crippen LogP contribution is -2.43. The minimum absolute atomic E-state index is 0.210. The molecule has 108 valence electrons. The second-order valence-electron chi connectivity index (χ2n) is 4.37. The molecule has 19 heavy (non-hydrogen) atoms. The van der Waals surface area contributed by atoms with Crippen molar-refractivity contribution in [2.75, 3.05) is 0 Å². The Hall–Kier alpha value is -1.28. The number of halogens is 3. The Morgan fingerprint density at radius 1 is 1.42 bits per heavy atom. The van der Waals surface area contributed by atoms with E-state index in [0.29, 0.717) is 11.1 Å². The average Bonchev–Trinajstić information content (AvgIpc) is 2.59. The van der Waals surface area contributed by atoms with Gasteiger partial charge < -0.3 is 4.57 Å². The summed E-state index contributed by atoms with van der Waals surface area (Å²) in [4.78, 5) is -0.210. The van der Waals surface area contributed by atoms with Crippen LogP contribution in [0.2, 0.25) is 0 Å². The van der Waals surface area contributed by atoms with Crippen LogP contribution in [-0.4, -0.2) is 25.2 Å². The minimum atomic E-state index is -4.63. The Kier molecular flexibility index (Phi) is 4.16. The summed E-state index contributed by atoms with van der Waals surface area (Å²) in [7, 11) is -2.67. The molecule has 0 unspecified atom stereocenters. The number of allylic oxidation sites excluding steroid dienone is 1. The van der Waals surface area contributed by atoms with E-state index in [1.54, 1.807) is 18.7 Å². The zero-order chi connectivity index (χ0) is 15.0. The van der Waals surface area contributed by atoms with Gasteiger partial charge in [0.2, 0.25) is 10.0 Å². The van der Waals surface area contributed by atoms with Gasteiger partial charge in [-0.2, -0.15) is 17.9 Å². The maximum absolute atomic E-state index is 12.4. The zero-order valence-corrected chi connectivity index (χ0v) is 11.6. The summed E-state index contributed by atoms with van der Waals surface area (Å²) in [5, 5.41) is 0. The molecule has 0 saturated heterocycles. The van der Waals surface area contributed by atoms with Crippen molar-refractivity contribution in [1.82, 2.24) is 9.29 Å². The summed E-state index contributed by atoms with van der Waals surface area (Å²) < 4.78 is 64.2. The molecule has 1 N–H and O–H groups in total.